The summed E-state index contributed by atoms with van der Waals surface area (Å²) in [6, 6.07) is 15.7. The van der Waals surface area contributed by atoms with Gasteiger partial charge < -0.3 is 9.88 Å². The van der Waals surface area contributed by atoms with E-state index in [4.69, 9.17) is 0 Å². The Morgan fingerprint density at radius 3 is 2.54 bits per heavy atom. The van der Waals surface area contributed by atoms with E-state index in [1.54, 1.807) is 21.4 Å². The topological polar surface area (TPSA) is 51.9 Å². The number of carbonyl (C=O) groups excluding carboxylic acids is 1. The summed E-state index contributed by atoms with van der Waals surface area (Å²) in [7, 11) is 0. The summed E-state index contributed by atoms with van der Waals surface area (Å²) in [6.45, 7) is 3.96. The number of benzene rings is 2. The maximum atomic E-state index is 13.7. The summed E-state index contributed by atoms with van der Waals surface area (Å²) in [5.74, 6) is -0.107. The zero-order valence-corrected chi connectivity index (χ0v) is 15.6. The molecule has 1 amide bonds. The number of rotatable bonds is 4. The smallest absolute Gasteiger partial charge is 0.261 e. The van der Waals surface area contributed by atoms with Gasteiger partial charge in [0.25, 0.3) is 5.91 Å². The molecule has 0 fully saturated rings. The minimum Gasteiger partial charge on any atom is -0.322 e. The van der Waals surface area contributed by atoms with Crippen molar-refractivity contribution >= 4 is 11.6 Å². The van der Waals surface area contributed by atoms with Gasteiger partial charge in [0.15, 0.2) is 5.82 Å². The van der Waals surface area contributed by atoms with Crippen LogP contribution in [0.3, 0.4) is 0 Å². The number of anilines is 1. The van der Waals surface area contributed by atoms with Gasteiger partial charge in [0.2, 0.25) is 0 Å². The first-order chi connectivity index (χ1) is 13.5. The Hall–Kier alpha value is -3.67. The lowest BCUT2D eigenvalue weighted by Crippen LogP contribution is -2.16. The summed E-state index contributed by atoms with van der Waals surface area (Å²) < 4.78 is 17.1. The van der Waals surface area contributed by atoms with Crippen LogP contribution in [0.25, 0.3) is 11.5 Å². The van der Waals surface area contributed by atoms with Crippen LogP contribution in [0, 0.1) is 19.7 Å². The third-order valence-electron chi connectivity index (χ3n) is 4.52. The van der Waals surface area contributed by atoms with Crippen LogP contribution in [0.5, 0.6) is 0 Å². The molecule has 0 aliphatic heterocycles. The predicted octanol–water partition coefficient (Wildman–Crippen LogP) is 4.67. The predicted molar refractivity (Wildman–Crippen MR) is 107 cm³/mol. The summed E-state index contributed by atoms with van der Waals surface area (Å²) >= 11 is 0. The molecule has 2 aromatic heterocycles. The maximum absolute atomic E-state index is 13.7. The summed E-state index contributed by atoms with van der Waals surface area (Å²) in [6.07, 6.45) is 5.14. The first-order valence-corrected chi connectivity index (χ1v) is 8.89. The van der Waals surface area contributed by atoms with E-state index >= 15 is 0 Å². The van der Waals surface area contributed by atoms with Crippen molar-refractivity contribution in [3.63, 3.8) is 0 Å². The van der Waals surface area contributed by atoms with Crippen LogP contribution >= 0.6 is 0 Å². The maximum Gasteiger partial charge on any atom is 0.261 e. The molecule has 0 aliphatic carbocycles. The molecule has 0 aliphatic rings. The van der Waals surface area contributed by atoms with Crippen molar-refractivity contribution in [3.8, 4) is 11.5 Å². The molecule has 1 N–H and O–H groups in total. The highest BCUT2D eigenvalue weighted by Crippen LogP contribution is 2.23. The second-order valence-electron chi connectivity index (χ2n) is 6.64. The fraction of sp³-hybridized carbons (Fsp3) is 0.0909. The number of nitrogens with one attached hydrogen (secondary N) is 1. The number of aromatic nitrogens is 3. The minimum atomic E-state index is -0.368. The fourth-order valence-electron chi connectivity index (χ4n) is 3.17. The highest BCUT2D eigenvalue weighted by Gasteiger charge is 2.20. The van der Waals surface area contributed by atoms with Gasteiger partial charge in [-0.2, -0.15) is 5.10 Å². The van der Waals surface area contributed by atoms with Crippen molar-refractivity contribution in [2.24, 2.45) is 0 Å². The molecule has 6 heteroatoms. The van der Waals surface area contributed by atoms with E-state index in [1.807, 2.05) is 56.6 Å². The van der Waals surface area contributed by atoms with Crippen molar-refractivity contribution < 1.29 is 9.18 Å². The van der Waals surface area contributed by atoms with E-state index < -0.39 is 0 Å². The molecule has 28 heavy (non-hydrogen) atoms. The van der Waals surface area contributed by atoms with Gasteiger partial charge in [-0.1, -0.05) is 23.8 Å². The van der Waals surface area contributed by atoms with Crippen LogP contribution in [0.1, 0.15) is 21.5 Å². The first kappa shape index (κ1) is 17.7. The number of halogens is 1. The normalized spacial score (nSPS) is 10.8. The van der Waals surface area contributed by atoms with E-state index in [-0.39, 0.29) is 11.7 Å². The zero-order valence-electron chi connectivity index (χ0n) is 15.6. The van der Waals surface area contributed by atoms with Crippen molar-refractivity contribution in [2.75, 3.05) is 5.32 Å². The van der Waals surface area contributed by atoms with Gasteiger partial charge in [0, 0.05) is 18.1 Å². The van der Waals surface area contributed by atoms with E-state index in [1.165, 1.54) is 18.3 Å². The number of hydrogen-bond acceptors (Lipinski definition) is 2. The van der Waals surface area contributed by atoms with E-state index in [9.17, 15) is 9.18 Å². The number of hydrogen-bond donors (Lipinski definition) is 1. The number of amides is 1. The average Bonchev–Trinajstić information content (AvgIpc) is 3.32. The van der Waals surface area contributed by atoms with Crippen LogP contribution < -0.4 is 5.32 Å². The lowest BCUT2D eigenvalue weighted by Gasteiger charge is -2.12. The van der Waals surface area contributed by atoms with Gasteiger partial charge in [-0.05, 0) is 55.8 Å². The molecule has 2 heterocycles. The molecule has 140 valence electrons. The lowest BCUT2D eigenvalue weighted by atomic mass is 10.1. The van der Waals surface area contributed by atoms with Crippen molar-refractivity contribution in [3.05, 3.63) is 95.7 Å². The molecule has 0 radical (unpaired) electrons. The summed E-state index contributed by atoms with van der Waals surface area (Å²) in [4.78, 5) is 13.0. The Bertz CT molecular complexity index is 1150. The highest BCUT2D eigenvalue weighted by molar-refractivity contribution is 6.06. The third-order valence-corrected chi connectivity index (χ3v) is 4.52. The molecule has 0 saturated carbocycles. The number of aryl methyl sites for hydroxylation is 2. The fourth-order valence-corrected chi connectivity index (χ4v) is 3.17. The van der Waals surface area contributed by atoms with Crippen LogP contribution in [-0.2, 0) is 0 Å². The molecule has 0 saturated heterocycles. The second kappa shape index (κ2) is 7.15. The standard InChI is InChI=1S/C22H19FN4O/c1-15-8-9-20(16(2)12-15)25-21(28)19-14-24-27(18-7-5-6-17(23)13-18)22(19)26-10-3-4-11-26/h3-14H,1-2H3,(H,25,28). The summed E-state index contributed by atoms with van der Waals surface area (Å²) in [5, 5.41) is 7.30. The van der Waals surface area contributed by atoms with E-state index in [0.29, 0.717) is 17.1 Å². The molecule has 0 bridgehead atoms. The SMILES string of the molecule is Cc1ccc(NC(=O)c2cnn(-c3cccc(F)c3)c2-n2cccc2)c(C)c1. The molecule has 4 rings (SSSR count). The van der Waals surface area contributed by atoms with Gasteiger partial charge in [-0.15, -0.1) is 0 Å². The van der Waals surface area contributed by atoms with Gasteiger partial charge >= 0.3 is 0 Å². The van der Waals surface area contributed by atoms with Crippen molar-refractivity contribution in [1.29, 1.82) is 0 Å². The van der Waals surface area contributed by atoms with Gasteiger partial charge in [-0.25, -0.2) is 9.07 Å². The number of nitrogens with zero attached hydrogens (tertiary/aromatic N) is 3. The lowest BCUT2D eigenvalue weighted by molar-refractivity contribution is 0.102. The largest absolute Gasteiger partial charge is 0.322 e. The molecule has 0 atom stereocenters. The molecule has 0 spiro atoms. The molecule has 0 unspecified atom stereocenters. The molecule has 4 aromatic rings. The quantitative estimate of drug-likeness (QED) is 0.564. The van der Waals surface area contributed by atoms with Crippen LogP contribution in [0.15, 0.2) is 73.2 Å². The van der Waals surface area contributed by atoms with Crippen molar-refractivity contribution in [2.45, 2.75) is 13.8 Å². The molecular weight excluding hydrogens is 355 g/mol. The second-order valence-corrected chi connectivity index (χ2v) is 6.64. The Kier molecular flexibility index (Phi) is 4.53. The highest BCUT2D eigenvalue weighted by atomic mass is 19.1. The van der Waals surface area contributed by atoms with E-state index in [2.05, 4.69) is 10.4 Å². The summed E-state index contributed by atoms with van der Waals surface area (Å²) in [5.41, 5.74) is 3.78. The first-order valence-electron chi connectivity index (χ1n) is 8.89. The average molecular weight is 374 g/mol. The Morgan fingerprint density at radius 2 is 1.82 bits per heavy atom. The Labute approximate surface area is 162 Å². The molecule has 5 nitrogen and oxygen atoms in total. The van der Waals surface area contributed by atoms with Crippen LogP contribution in [-0.4, -0.2) is 20.3 Å². The molecule has 2 aromatic carbocycles. The zero-order chi connectivity index (χ0) is 19.7. The van der Waals surface area contributed by atoms with E-state index in [0.717, 1.165) is 16.8 Å². The van der Waals surface area contributed by atoms with Gasteiger partial charge in [0.05, 0.1) is 11.9 Å². The number of carbonyl (C=O) groups is 1. The molecular formula is C22H19FN4O. The van der Waals surface area contributed by atoms with Gasteiger partial charge in [0.1, 0.15) is 11.4 Å². The van der Waals surface area contributed by atoms with Crippen LogP contribution in [0.4, 0.5) is 10.1 Å². The Balaban J connectivity index is 1.78. The minimum absolute atomic E-state index is 0.279. The third kappa shape index (κ3) is 3.32. The van der Waals surface area contributed by atoms with Crippen LogP contribution in [0.2, 0.25) is 0 Å². The van der Waals surface area contributed by atoms with Crippen molar-refractivity contribution in [1.82, 2.24) is 14.3 Å². The Morgan fingerprint density at radius 1 is 1.04 bits per heavy atom. The monoisotopic (exact) mass is 374 g/mol. The van der Waals surface area contributed by atoms with Gasteiger partial charge in [-0.3, -0.25) is 4.79 Å².